The van der Waals surface area contributed by atoms with Crippen molar-refractivity contribution in [3.05, 3.63) is 0 Å². The number of nitrogens with one attached hydrogen (secondary N) is 1. The van der Waals surface area contributed by atoms with E-state index in [0.717, 1.165) is 19.4 Å². The molecule has 19 heavy (non-hydrogen) atoms. The van der Waals surface area contributed by atoms with E-state index < -0.39 is 0 Å². The Morgan fingerprint density at radius 1 is 0.737 bits per heavy atom. The highest BCUT2D eigenvalue weighted by Gasteiger charge is 1.97. The van der Waals surface area contributed by atoms with Crippen LogP contribution in [-0.2, 0) is 4.79 Å². The van der Waals surface area contributed by atoms with Crippen molar-refractivity contribution in [2.75, 3.05) is 6.54 Å². The fourth-order valence-corrected chi connectivity index (χ4v) is 2.16. The molecule has 1 amide bonds. The van der Waals surface area contributed by atoms with Crippen molar-refractivity contribution >= 4 is 18.3 Å². The molecule has 0 unspecified atom stereocenters. The lowest BCUT2D eigenvalue weighted by atomic mass is 10.1. The summed E-state index contributed by atoms with van der Waals surface area (Å²) >= 11 is 0. The monoisotopic (exact) mass is 291 g/mol. The molecule has 0 aliphatic carbocycles. The van der Waals surface area contributed by atoms with Crippen molar-refractivity contribution in [3.8, 4) is 0 Å². The van der Waals surface area contributed by atoms with E-state index in [1.165, 1.54) is 57.8 Å². The van der Waals surface area contributed by atoms with Crippen LogP contribution >= 0.6 is 12.4 Å². The third kappa shape index (κ3) is 17.8. The number of hydrogen-bond donors (Lipinski definition) is 1. The lowest BCUT2D eigenvalue weighted by molar-refractivity contribution is -0.121. The Labute approximate surface area is 126 Å². The summed E-state index contributed by atoms with van der Waals surface area (Å²) in [5, 5.41) is 2.97. The van der Waals surface area contributed by atoms with Gasteiger partial charge in [0.25, 0.3) is 0 Å². The molecule has 1 N–H and O–H groups in total. The normalized spacial score (nSPS) is 10.0. The first-order valence-corrected chi connectivity index (χ1v) is 8.08. The molecule has 0 fully saturated rings. The molecule has 0 aromatic heterocycles. The molecule has 0 aromatic rings. The fourth-order valence-electron chi connectivity index (χ4n) is 2.16. The smallest absolute Gasteiger partial charge is 0.219 e. The molecule has 0 radical (unpaired) electrons. The first kappa shape index (κ1) is 21.1. The summed E-state index contributed by atoms with van der Waals surface area (Å²) in [6.07, 6.45) is 15.1. The SMILES string of the molecule is CCCCCCCCCCCCNC(=O)CCC.Cl. The van der Waals surface area contributed by atoms with Gasteiger partial charge in [0.15, 0.2) is 0 Å². The van der Waals surface area contributed by atoms with E-state index in [-0.39, 0.29) is 18.3 Å². The van der Waals surface area contributed by atoms with Crippen LogP contribution in [0.2, 0.25) is 0 Å². The molecule has 0 bridgehead atoms. The second-order valence-corrected chi connectivity index (χ2v) is 5.28. The van der Waals surface area contributed by atoms with Gasteiger partial charge in [-0.25, -0.2) is 0 Å². The lowest BCUT2D eigenvalue weighted by Crippen LogP contribution is -2.23. The van der Waals surface area contributed by atoms with Gasteiger partial charge in [-0.05, 0) is 12.8 Å². The summed E-state index contributed by atoms with van der Waals surface area (Å²) in [5.41, 5.74) is 0. The highest BCUT2D eigenvalue weighted by molar-refractivity contribution is 5.85. The van der Waals surface area contributed by atoms with Gasteiger partial charge in [-0.15, -0.1) is 12.4 Å². The zero-order chi connectivity index (χ0) is 13.5. The van der Waals surface area contributed by atoms with Crippen molar-refractivity contribution in [1.29, 1.82) is 0 Å². The Balaban J connectivity index is 0. The highest BCUT2D eigenvalue weighted by Crippen LogP contribution is 2.10. The molecule has 0 aliphatic rings. The van der Waals surface area contributed by atoms with Crippen LogP contribution in [-0.4, -0.2) is 12.5 Å². The van der Waals surface area contributed by atoms with Crippen molar-refractivity contribution in [2.24, 2.45) is 0 Å². The zero-order valence-corrected chi connectivity index (χ0v) is 13.8. The Bertz CT molecular complexity index is 186. The minimum Gasteiger partial charge on any atom is -0.356 e. The molecule has 2 nitrogen and oxygen atoms in total. The molecule has 0 saturated heterocycles. The predicted octanol–water partition coefficient (Wildman–Crippen LogP) is 5.25. The van der Waals surface area contributed by atoms with Gasteiger partial charge in [0.05, 0.1) is 0 Å². The number of amides is 1. The molecule has 0 atom stereocenters. The van der Waals surface area contributed by atoms with Gasteiger partial charge < -0.3 is 5.32 Å². The van der Waals surface area contributed by atoms with E-state index in [9.17, 15) is 4.79 Å². The first-order chi connectivity index (χ1) is 8.81. The summed E-state index contributed by atoms with van der Waals surface area (Å²) in [5.74, 6) is 0.216. The van der Waals surface area contributed by atoms with Crippen LogP contribution in [0.4, 0.5) is 0 Å². The Hall–Kier alpha value is -0.240. The van der Waals surface area contributed by atoms with Gasteiger partial charge in [0, 0.05) is 13.0 Å². The first-order valence-electron chi connectivity index (χ1n) is 8.08. The molecule has 0 heterocycles. The van der Waals surface area contributed by atoms with Crippen LogP contribution in [0.15, 0.2) is 0 Å². The van der Waals surface area contributed by atoms with Gasteiger partial charge in [0.2, 0.25) is 5.91 Å². The molecule has 0 aromatic carbocycles. The molecule has 116 valence electrons. The number of hydrogen-bond acceptors (Lipinski definition) is 1. The predicted molar refractivity (Wildman–Crippen MR) is 87.0 cm³/mol. The molecule has 0 saturated carbocycles. The maximum absolute atomic E-state index is 11.2. The molecule has 0 aliphatic heterocycles. The standard InChI is InChI=1S/C16H33NO.ClH/c1-3-5-6-7-8-9-10-11-12-13-15-17-16(18)14-4-2;/h3-15H2,1-2H3,(H,17,18);1H. The number of rotatable bonds is 13. The minimum atomic E-state index is 0. The van der Waals surface area contributed by atoms with Crippen molar-refractivity contribution in [3.63, 3.8) is 0 Å². The van der Waals surface area contributed by atoms with Gasteiger partial charge in [-0.1, -0.05) is 71.6 Å². The Kier molecular flexibility index (Phi) is 19.7. The second kappa shape index (κ2) is 17.8. The zero-order valence-electron chi connectivity index (χ0n) is 13.0. The maximum atomic E-state index is 11.2. The molecule has 0 rings (SSSR count). The van der Waals surface area contributed by atoms with Crippen LogP contribution in [0, 0.1) is 0 Å². The fraction of sp³-hybridized carbons (Fsp3) is 0.938. The van der Waals surface area contributed by atoms with Crippen molar-refractivity contribution < 1.29 is 4.79 Å². The van der Waals surface area contributed by atoms with Crippen LogP contribution in [0.25, 0.3) is 0 Å². The van der Waals surface area contributed by atoms with E-state index in [1.807, 2.05) is 6.92 Å². The molecule has 0 spiro atoms. The molecule has 3 heteroatoms. The van der Waals surface area contributed by atoms with Gasteiger partial charge in [0.1, 0.15) is 0 Å². The average molecular weight is 292 g/mol. The average Bonchev–Trinajstić information content (AvgIpc) is 2.36. The number of halogens is 1. The van der Waals surface area contributed by atoms with Crippen LogP contribution < -0.4 is 5.32 Å². The molecular weight excluding hydrogens is 258 g/mol. The van der Waals surface area contributed by atoms with Crippen LogP contribution in [0.5, 0.6) is 0 Å². The number of unbranched alkanes of at least 4 members (excludes halogenated alkanes) is 9. The summed E-state index contributed by atoms with van der Waals surface area (Å²) in [6.45, 7) is 5.18. The Morgan fingerprint density at radius 3 is 1.68 bits per heavy atom. The second-order valence-electron chi connectivity index (χ2n) is 5.28. The summed E-state index contributed by atoms with van der Waals surface area (Å²) in [7, 11) is 0. The third-order valence-corrected chi connectivity index (χ3v) is 3.33. The highest BCUT2D eigenvalue weighted by atomic mass is 35.5. The summed E-state index contributed by atoms with van der Waals surface area (Å²) < 4.78 is 0. The summed E-state index contributed by atoms with van der Waals surface area (Å²) in [4.78, 5) is 11.2. The van der Waals surface area contributed by atoms with E-state index >= 15 is 0 Å². The third-order valence-electron chi connectivity index (χ3n) is 3.33. The largest absolute Gasteiger partial charge is 0.356 e. The maximum Gasteiger partial charge on any atom is 0.219 e. The van der Waals surface area contributed by atoms with Crippen LogP contribution in [0.1, 0.15) is 90.9 Å². The van der Waals surface area contributed by atoms with Crippen LogP contribution in [0.3, 0.4) is 0 Å². The van der Waals surface area contributed by atoms with E-state index in [2.05, 4.69) is 12.2 Å². The van der Waals surface area contributed by atoms with Gasteiger partial charge in [-0.2, -0.15) is 0 Å². The van der Waals surface area contributed by atoms with E-state index in [4.69, 9.17) is 0 Å². The molecular formula is C16H34ClNO. The van der Waals surface area contributed by atoms with Crippen molar-refractivity contribution in [1.82, 2.24) is 5.32 Å². The quantitative estimate of drug-likeness (QED) is 0.462. The van der Waals surface area contributed by atoms with Gasteiger partial charge in [-0.3, -0.25) is 4.79 Å². The van der Waals surface area contributed by atoms with Gasteiger partial charge >= 0.3 is 0 Å². The lowest BCUT2D eigenvalue weighted by Gasteiger charge is -2.04. The van der Waals surface area contributed by atoms with E-state index in [1.54, 1.807) is 0 Å². The number of carbonyl (C=O) groups excluding carboxylic acids is 1. The minimum absolute atomic E-state index is 0. The topological polar surface area (TPSA) is 29.1 Å². The van der Waals surface area contributed by atoms with Crippen molar-refractivity contribution in [2.45, 2.75) is 90.9 Å². The summed E-state index contributed by atoms with van der Waals surface area (Å²) in [6, 6.07) is 0. The Morgan fingerprint density at radius 2 is 1.21 bits per heavy atom. The number of carbonyl (C=O) groups is 1. The van der Waals surface area contributed by atoms with E-state index in [0.29, 0.717) is 6.42 Å².